The molecule has 120 valence electrons. The van der Waals surface area contributed by atoms with Crippen molar-refractivity contribution >= 4 is 11.8 Å². The highest BCUT2D eigenvalue weighted by molar-refractivity contribution is 5.87. The predicted octanol–water partition coefficient (Wildman–Crippen LogP) is 1.36. The molecule has 21 heavy (non-hydrogen) atoms. The van der Waals surface area contributed by atoms with E-state index in [2.05, 4.69) is 0 Å². The van der Waals surface area contributed by atoms with E-state index >= 15 is 0 Å². The molecule has 1 aliphatic heterocycles. The van der Waals surface area contributed by atoms with E-state index in [0.717, 1.165) is 25.7 Å². The molecule has 2 fully saturated rings. The van der Waals surface area contributed by atoms with Crippen LogP contribution in [0.3, 0.4) is 0 Å². The van der Waals surface area contributed by atoms with Crippen LogP contribution in [0.2, 0.25) is 0 Å². The molecule has 0 atom stereocenters. The van der Waals surface area contributed by atoms with Crippen molar-refractivity contribution in [3.05, 3.63) is 0 Å². The number of hydrogen-bond donors (Lipinski definition) is 1. The summed E-state index contributed by atoms with van der Waals surface area (Å²) in [6.45, 7) is 8.27. The van der Waals surface area contributed by atoms with Gasteiger partial charge in [-0.05, 0) is 12.8 Å². The van der Waals surface area contributed by atoms with Crippen molar-refractivity contribution in [1.82, 2.24) is 9.80 Å². The van der Waals surface area contributed by atoms with Gasteiger partial charge in [0.05, 0.1) is 5.54 Å². The summed E-state index contributed by atoms with van der Waals surface area (Å²) in [5.74, 6) is 0.250. The van der Waals surface area contributed by atoms with E-state index in [4.69, 9.17) is 5.73 Å². The molecule has 0 bridgehead atoms. The molecule has 1 saturated carbocycles. The summed E-state index contributed by atoms with van der Waals surface area (Å²) in [6.07, 6.45) is 4.87. The highest BCUT2D eigenvalue weighted by atomic mass is 16.2. The number of rotatable bonds is 1. The third-order valence-corrected chi connectivity index (χ3v) is 4.67. The van der Waals surface area contributed by atoms with Gasteiger partial charge >= 0.3 is 0 Å². The summed E-state index contributed by atoms with van der Waals surface area (Å²) in [4.78, 5) is 28.6. The predicted molar refractivity (Wildman–Crippen MR) is 82.6 cm³/mol. The van der Waals surface area contributed by atoms with Crippen LogP contribution in [0, 0.1) is 5.41 Å². The molecule has 0 unspecified atom stereocenters. The van der Waals surface area contributed by atoms with Crippen molar-refractivity contribution in [1.29, 1.82) is 0 Å². The number of hydrogen-bond acceptors (Lipinski definition) is 3. The smallest absolute Gasteiger partial charge is 0.242 e. The van der Waals surface area contributed by atoms with Crippen LogP contribution in [-0.4, -0.2) is 53.3 Å². The first-order valence-electron chi connectivity index (χ1n) is 8.12. The number of piperazine rings is 1. The molecule has 2 amide bonds. The van der Waals surface area contributed by atoms with E-state index < -0.39 is 5.54 Å². The van der Waals surface area contributed by atoms with Gasteiger partial charge in [0.1, 0.15) is 0 Å². The SMILES string of the molecule is CC(C)(C)C(=O)N1CCN(C(=O)C2(N)CCCCC2)CC1. The molecule has 2 N–H and O–H groups in total. The summed E-state index contributed by atoms with van der Waals surface area (Å²) >= 11 is 0. The molecule has 1 saturated heterocycles. The van der Waals surface area contributed by atoms with E-state index in [1.165, 1.54) is 6.42 Å². The molecule has 0 spiro atoms. The van der Waals surface area contributed by atoms with E-state index in [9.17, 15) is 9.59 Å². The number of nitrogens with two attached hydrogens (primary N) is 1. The molecule has 0 aromatic carbocycles. The topological polar surface area (TPSA) is 66.6 Å². The maximum Gasteiger partial charge on any atom is 0.242 e. The van der Waals surface area contributed by atoms with Crippen molar-refractivity contribution in [2.24, 2.45) is 11.1 Å². The molecule has 5 nitrogen and oxygen atoms in total. The Morgan fingerprint density at radius 2 is 1.38 bits per heavy atom. The number of carbonyl (C=O) groups is 2. The van der Waals surface area contributed by atoms with E-state index in [1.54, 1.807) is 0 Å². The van der Waals surface area contributed by atoms with Gasteiger partial charge in [-0.15, -0.1) is 0 Å². The van der Waals surface area contributed by atoms with Crippen molar-refractivity contribution in [3.63, 3.8) is 0 Å². The molecule has 0 aromatic rings. The average molecular weight is 295 g/mol. The summed E-state index contributed by atoms with van der Waals surface area (Å²) < 4.78 is 0. The fraction of sp³-hybridized carbons (Fsp3) is 0.875. The zero-order valence-electron chi connectivity index (χ0n) is 13.7. The maximum absolute atomic E-state index is 12.6. The number of nitrogens with zero attached hydrogens (tertiary/aromatic N) is 2. The summed E-state index contributed by atoms with van der Waals surface area (Å²) in [5.41, 5.74) is 5.31. The molecule has 0 radical (unpaired) electrons. The Kier molecular flexibility index (Phi) is 4.61. The Morgan fingerprint density at radius 1 is 0.905 bits per heavy atom. The van der Waals surface area contributed by atoms with Gasteiger partial charge in [-0.2, -0.15) is 0 Å². The molecular weight excluding hydrogens is 266 g/mol. The molecule has 5 heteroatoms. The Morgan fingerprint density at radius 3 is 1.86 bits per heavy atom. The first-order chi connectivity index (χ1) is 9.74. The van der Waals surface area contributed by atoms with Crippen molar-refractivity contribution in [3.8, 4) is 0 Å². The Bertz CT molecular complexity index is 400. The van der Waals surface area contributed by atoms with Crippen molar-refractivity contribution in [2.75, 3.05) is 26.2 Å². The minimum absolute atomic E-state index is 0.0880. The summed E-state index contributed by atoms with van der Waals surface area (Å²) in [7, 11) is 0. The van der Waals surface area contributed by atoms with Gasteiger partial charge < -0.3 is 15.5 Å². The Hall–Kier alpha value is -1.10. The Balaban J connectivity index is 1.92. The van der Waals surface area contributed by atoms with Crippen LogP contribution in [0.15, 0.2) is 0 Å². The van der Waals surface area contributed by atoms with Crippen LogP contribution >= 0.6 is 0 Å². The lowest BCUT2D eigenvalue weighted by molar-refractivity contribution is -0.147. The molecular formula is C16H29N3O2. The van der Waals surface area contributed by atoms with Crippen LogP contribution in [0.1, 0.15) is 52.9 Å². The minimum Gasteiger partial charge on any atom is -0.339 e. The lowest BCUT2D eigenvalue weighted by Gasteiger charge is -2.42. The lowest BCUT2D eigenvalue weighted by atomic mass is 9.81. The van der Waals surface area contributed by atoms with Gasteiger partial charge in [-0.1, -0.05) is 40.0 Å². The van der Waals surface area contributed by atoms with E-state index in [1.807, 2.05) is 30.6 Å². The summed E-state index contributed by atoms with van der Waals surface area (Å²) in [5, 5.41) is 0. The highest BCUT2D eigenvalue weighted by Gasteiger charge is 2.40. The third kappa shape index (κ3) is 3.57. The second kappa shape index (κ2) is 5.95. The van der Waals surface area contributed by atoms with E-state index in [-0.39, 0.29) is 17.2 Å². The second-order valence-electron chi connectivity index (χ2n) is 7.55. The van der Waals surface area contributed by atoms with Crippen LogP contribution < -0.4 is 5.73 Å². The van der Waals surface area contributed by atoms with Crippen LogP contribution in [-0.2, 0) is 9.59 Å². The molecule has 2 rings (SSSR count). The maximum atomic E-state index is 12.6. The molecule has 1 aliphatic carbocycles. The lowest BCUT2D eigenvalue weighted by Crippen LogP contribution is -2.61. The standard InChI is InChI=1S/C16H29N3O2/c1-15(2,3)13(20)18-9-11-19(12-10-18)14(21)16(17)7-5-4-6-8-16/h4-12,17H2,1-3H3. The van der Waals surface area contributed by atoms with Gasteiger partial charge in [0, 0.05) is 31.6 Å². The van der Waals surface area contributed by atoms with Crippen molar-refractivity contribution < 1.29 is 9.59 Å². The monoisotopic (exact) mass is 295 g/mol. The Labute approximate surface area is 127 Å². The molecule has 0 aromatic heterocycles. The molecule has 1 heterocycles. The fourth-order valence-electron chi connectivity index (χ4n) is 3.30. The van der Waals surface area contributed by atoms with Gasteiger partial charge in [0.25, 0.3) is 0 Å². The average Bonchev–Trinajstić information content (AvgIpc) is 2.46. The van der Waals surface area contributed by atoms with Gasteiger partial charge in [-0.25, -0.2) is 0 Å². The normalized spacial score (nSPS) is 23.0. The zero-order valence-corrected chi connectivity index (χ0v) is 13.7. The minimum atomic E-state index is -0.658. The van der Waals surface area contributed by atoms with Crippen LogP contribution in [0.25, 0.3) is 0 Å². The summed E-state index contributed by atoms with van der Waals surface area (Å²) in [6, 6.07) is 0. The molecule has 2 aliphatic rings. The fourth-order valence-corrected chi connectivity index (χ4v) is 3.30. The van der Waals surface area contributed by atoms with E-state index in [0.29, 0.717) is 26.2 Å². The van der Waals surface area contributed by atoms with Crippen LogP contribution in [0.4, 0.5) is 0 Å². The second-order valence-corrected chi connectivity index (χ2v) is 7.55. The highest BCUT2D eigenvalue weighted by Crippen LogP contribution is 2.28. The third-order valence-electron chi connectivity index (χ3n) is 4.67. The van der Waals surface area contributed by atoms with Gasteiger partial charge in [-0.3, -0.25) is 9.59 Å². The van der Waals surface area contributed by atoms with Gasteiger partial charge in [0.15, 0.2) is 0 Å². The van der Waals surface area contributed by atoms with Gasteiger partial charge in [0.2, 0.25) is 11.8 Å². The number of amides is 2. The van der Waals surface area contributed by atoms with Crippen molar-refractivity contribution in [2.45, 2.75) is 58.4 Å². The first-order valence-corrected chi connectivity index (χ1v) is 8.12. The first kappa shape index (κ1) is 16.3. The van der Waals surface area contributed by atoms with Crippen LogP contribution in [0.5, 0.6) is 0 Å². The zero-order chi connectivity index (χ0) is 15.7. The largest absolute Gasteiger partial charge is 0.339 e. The quantitative estimate of drug-likeness (QED) is 0.794. The number of carbonyl (C=O) groups excluding carboxylic acids is 2.